The molecule has 6 heteroatoms. The van der Waals surface area contributed by atoms with Crippen molar-refractivity contribution >= 4 is 22.8 Å². The number of carbonyl (C=O) groups excluding carboxylic acids is 2. The minimum atomic E-state index is -0.177. The van der Waals surface area contributed by atoms with Crippen molar-refractivity contribution in [1.82, 2.24) is 19.8 Å². The van der Waals surface area contributed by atoms with Gasteiger partial charge in [0.1, 0.15) is 5.82 Å². The van der Waals surface area contributed by atoms with Crippen LogP contribution in [0.3, 0.4) is 0 Å². The second kappa shape index (κ2) is 6.50. The van der Waals surface area contributed by atoms with E-state index in [4.69, 9.17) is 0 Å². The normalized spacial score (nSPS) is 20.4. The van der Waals surface area contributed by atoms with Gasteiger partial charge in [0, 0.05) is 39.0 Å². The Morgan fingerprint density at radius 1 is 1.32 bits per heavy atom. The molecule has 4 rings (SSSR count). The van der Waals surface area contributed by atoms with Crippen molar-refractivity contribution in [2.24, 2.45) is 13.0 Å². The number of benzene rings is 1. The molecule has 1 atom stereocenters. The van der Waals surface area contributed by atoms with E-state index in [-0.39, 0.29) is 17.7 Å². The largest absolute Gasteiger partial charge is 0.356 e. The monoisotopic (exact) mass is 340 g/mol. The van der Waals surface area contributed by atoms with E-state index in [0.717, 1.165) is 42.5 Å². The molecule has 2 fully saturated rings. The molecular formula is C19H24N4O2. The second-order valence-electron chi connectivity index (χ2n) is 7.15. The van der Waals surface area contributed by atoms with Crippen molar-refractivity contribution in [3.05, 3.63) is 30.1 Å². The Hall–Kier alpha value is -2.37. The Kier molecular flexibility index (Phi) is 4.19. The van der Waals surface area contributed by atoms with Crippen LogP contribution in [0, 0.1) is 5.92 Å². The summed E-state index contributed by atoms with van der Waals surface area (Å²) in [7, 11) is 2.03. The fourth-order valence-electron chi connectivity index (χ4n) is 3.67. The van der Waals surface area contributed by atoms with Crippen LogP contribution >= 0.6 is 0 Å². The number of nitrogens with one attached hydrogen (secondary N) is 1. The average molecular weight is 340 g/mol. The van der Waals surface area contributed by atoms with Crippen LogP contribution in [0.5, 0.6) is 0 Å². The molecule has 2 heterocycles. The molecule has 0 radical (unpaired) electrons. The van der Waals surface area contributed by atoms with Crippen LogP contribution in [0.4, 0.5) is 0 Å². The molecular weight excluding hydrogens is 316 g/mol. The van der Waals surface area contributed by atoms with Crippen molar-refractivity contribution in [3.63, 3.8) is 0 Å². The zero-order valence-corrected chi connectivity index (χ0v) is 14.6. The van der Waals surface area contributed by atoms with Gasteiger partial charge in [0.2, 0.25) is 11.8 Å². The van der Waals surface area contributed by atoms with E-state index in [1.54, 1.807) is 0 Å². The summed E-state index contributed by atoms with van der Waals surface area (Å²) in [5.41, 5.74) is 2.14. The molecule has 1 aliphatic heterocycles. The highest BCUT2D eigenvalue weighted by atomic mass is 16.2. The number of para-hydroxylation sites is 2. The second-order valence-corrected chi connectivity index (χ2v) is 7.15. The lowest BCUT2D eigenvalue weighted by Gasteiger charge is -2.15. The van der Waals surface area contributed by atoms with Crippen molar-refractivity contribution in [2.75, 3.05) is 13.1 Å². The van der Waals surface area contributed by atoms with Gasteiger partial charge in [-0.3, -0.25) is 9.59 Å². The zero-order chi connectivity index (χ0) is 17.4. The van der Waals surface area contributed by atoms with Crippen LogP contribution in [0.2, 0.25) is 0 Å². The predicted octanol–water partition coefficient (Wildman–Crippen LogP) is 1.63. The van der Waals surface area contributed by atoms with Crippen molar-refractivity contribution in [1.29, 1.82) is 0 Å². The van der Waals surface area contributed by atoms with E-state index in [0.29, 0.717) is 25.6 Å². The van der Waals surface area contributed by atoms with Gasteiger partial charge in [-0.15, -0.1) is 0 Å². The maximum Gasteiger partial charge on any atom is 0.225 e. The van der Waals surface area contributed by atoms with E-state index in [1.165, 1.54) is 0 Å². The minimum absolute atomic E-state index is 0.0153. The molecule has 132 valence electrons. The molecule has 1 saturated carbocycles. The smallest absolute Gasteiger partial charge is 0.225 e. The fraction of sp³-hybridized carbons (Fsp3) is 0.526. The van der Waals surface area contributed by atoms with Crippen LogP contribution in [0.1, 0.15) is 31.5 Å². The number of carbonyl (C=O) groups is 2. The van der Waals surface area contributed by atoms with Crippen molar-refractivity contribution < 1.29 is 9.59 Å². The quantitative estimate of drug-likeness (QED) is 0.813. The number of hydrogen-bond donors (Lipinski definition) is 1. The summed E-state index contributed by atoms with van der Waals surface area (Å²) in [6, 6.07) is 8.50. The van der Waals surface area contributed by atoms with Gasteiger partial charge >= 0.3 is 0 Å². The van der Waals surface area contributed by atoms with Gasteiger partial charge in [-0.05, 0) is 31.4 Å². The van der Waals surface area contributed by atoms with Gasteiger partial charge in [0.15, 0.2) is 0 Å². The van der Waals surface area contributed by atoms with Crippen LogP contribution in [0.25, 0.3) is 11.0 Å². The number of aryl methyl sites for hydroxylation is 2. The van der Waals surface area contributed by atoms with Gasteiger partial charge in [-0.1, -0.05) is 12.1 Å². The summed E-state index contributed by atoms with van der Waals surface area (Å²) in [6.45, 7) is 1.22. The third kappa shape index (κ3) is 3.25. The standard InChI is InChI=1S/C19H24N4O2/c1-22-16-6-3-2-5-15(16)21-17(22)7-4-10-20-19(25)13-11-18(24)23(12-13)14-8-9-14/h2-3,5-6,13-14H,4,7-12H2,1H3,(H,20,25). The molecule has 0 spiro atoms. The number of likely N-dealkylation sites (tertiary alicyclic amines) is 1. The number of fused-ring (bicyclic) bond motifs is 1. The first-order chi connectivity index (χ1) is 12.1. The van der Waals surface area contributed by atoms with Gasteiger partial charge in [0.25, 0.3) is 0 Å². The topological polar surface area (TPSA) is 67.2 Å². The minimum Gasteiger partial charge on any atom is -0.356 e. The molecule has 1 aromatic heterocycles. The molecule has 1 N–H and O–H groups in total. The van der Waals surface area contributed by atoms with E-state index in [1.807, 2.05) is 30.1 Å². The summed E-state index contributed by atoms with van der Waals surface area (Å²) in [6.07, 6.45) is 4.22. The fourth-order valence-corrected chi connectivity index (χ4v) is 3.67. The third-order valence-electron chi connectivity index (χ3n) is 5.27. The third-order valence-corrected chi connectivity index (χ3v) is 5.27. The molecule has 1 aliphatic carbocycles. The first-order valence-electron chi connectivity index (χ1n) is 9.11. The Labute approximate surface area is 147 Å². The molecule has 25 heavy (non-hydrogen) atoms. The van der Waals surface area contributed by atoms with Crippen LogP contribution in [0.15, 0.2) is 24.3 Å². The zero-order valence-electron chi connectivity index (χ0n) is 14.6. The molecule has 2 aromatic rings. The Morgan fingerprint density at radius 2 is 2.12 bits per heavy atom. The van der Waals surface area contributed by atoms with Gasteiger partial charge in [-0.25, -0.2) is 4.98 Å². The van der Waals surface area contributed by atoms with Gasteiger partial charge in [0.05, 0.1) is 17.0 Å². The molecule has 2 aliphatic rings. The summed E-state index contributed by atoms with van der Waals surface area (Å²) in [5.74, 6) is 1.01. The highest BCUT2D eigenvalue weighted by Gasteiger charge is 2.41. The Morgan fingerprint density at radius 3 is 2.88 bits per heavy atom. The highest BCUT2D eigenvalue weighted by Crippen LogP contribution is 2.32. The SMILES string of the molecule is Cn1c(CCCNC(=O)C2CC(=O)N(C3CC3)C2)nc2ccccc21. The molecule has 1 saturated heterocycles. The predicted molar refractivity (Wildman–Crippen MR) is 94.9 cm³/mol. The molecule has 2 amide bonds. The van der Waals surface area contributed by atoms with Crippen molar-refractivity contribution in [3.8, 4) is 0 Å². The van der Waals surface area contributed by atoms with E-state index in [9.17, 15) is 9.59 Å². The first kappa shape index (κ1) is 16.1. The van der Waals surface area contributed by atoms with E-state index < -0.39 is 0 Å². The lowest BCUT2D eigenvalue weighted by atomic mass is 10.1. The maximum atomic E-state index is 12.3. The first-order valence-corrected chi connectivity index (χ1v) is 9.11. The molecule has 0 bridgehead atoms. The lowest BCUT2D eigenvalue weighted by Crippen LogP contribution is -2.34. The molecule has 1 aromatic carbocycles. The molecule has 1 unspecified atom stereocenters. The Balaban J connectivity index is 1.25. The number of nitrogens with zero attached hydrogens (tertiary/aromatic N) is 3. The summed E-state index contributed by atoms with van der Waals surface area (Å²) in [4.78, 5) is 30.8. The van der Waals surface area contributed by atoms with E-state index >= 15 is 0 Å². The molecule has 6 nitrogen and oxygen atoms in total. The van der Waals surface area contributed by atoms with Crippen LogP contribution in [-0.4, -0.2) is 45.4 Å². The Bertz CT molecular complexity index is 809. The summed E-state index contributed by atoms with van der Waals surface area (Å²) < 4.78 is 2.11. The number of rotatable bonds is 6. The summed E-state index contributed by atoms with van der Waals surface area (Å²) in [5, 5.41) is 2.99. The lowest BCUT2D eigenvalue weighted by molar-refractivity contribution is -0.129. The van der Waals surface area contributed by atoms with E-state index in [2.05, 4.69) is 20.9 Å². The van der Waals surface area contributed by atoms with Crippen molar-refractivity contribution in [2.45, 2.75) is 38.1 Å². The maximum absolute atomic E-state index is 12.3. The number of hydrogen-bond acceptors (Lipinski definition) is 3. The number of amides is 2. The average Bonchev–Trinajstić information content (AvgIpc) is 3.31. The van der Waals surface area contributed by atoms with Gasteiger partial charge in [-0.2, -0.15) is 0 Å². The highest BCUT2D eigenvalue weighted by molar-refractivity contribution is 5.89. The van der Waals surface area contributed by atoms with Crippen LogP contribution in [-0.2, 0) is 23.1 Å². The summed E-state index contributed by atoms with van der Waals surface area (Å²) >= 11 is 0. The number of aromatic nitrogens is 2. The van der Waals surface area contributed by atoms with Gasteiger partial charge < -0.3 is 14.8 Å². The number of imidazole rings is 1. The van der Waals surface area contributed by atoms with Crippen LogP contribution < -0.4 is 5.32 Å².